The van der Waals surface area contributed by atoms with Gasteiger partial charge >= 0.3 is 5.97 Å². The lowest BCUT2D eigenvalue weighted by molar-refractivity contribution is -0.139. The standard InChI is InChI=1S/C20H13ClF2O3S/c21-14-5-1-3-12-4-2-6-18(20(12)14)27-11-19(25)26-10-17(24)13-7-8-15(22)16(23)9-13/h1-9H,10-11H2. The summed E-state index contributed by atoms with van der Waals surface area (Å²) in [6.07, 6.45) is 0. The van der Waals surface area contributed by atoms with Crippen LogP contribution in [-0.4, -0.2) is 24.1 Å². The van der Waals surface area contributed by atoms with Gasteiger partial charge in [0, 0.05) is 20.9 Å². The first-order chi connectivity index (χ1) is 13.0. The predicted octanol–water partition coefficient (Wildman–Crippen LogP) is 5.29. The summed E-state index contributed by atoms with van der Waals surface area (Å²) in [5.41, 5.74) is -0.0600. The highest BCUT2D eigenvalue weighted by Gasteiger charge is 2.14. The van der Waals surface area contributed by atoms with Crippen LogP contribution in [0.25, 0.3) is 10.8 Å². The fraction of sp³-hybridized carbons (Fsp3) is 0.100. The van der Waals surface area contributed by atoms with Gasteiger partial charge in [-0.05, 0) is 35.7 Å². The maximum Gasteiger partial charge on any atom is 0.316 e. The molecular formula is C20H13ClF2O3S. The topological polar surface area (TPSA) is 43.4 Å². The molecule has 3 aromatic rings. The molecule has 3 rings (SSSR count). The molecule has 0 radical (unpaired) electrons. The summed E-state index contributed by atoms with van der Waals surface area (Å²) in [6, 6.07) is 13.9. The molecule has 0 fully saturated rings. The van der Waals surface area contributed by atoms with Crippen LogP contribution < -0.4 is 0 Å². The molecule has 3 aromatic carbocycles. The normalized spacial score (nSPS) is 10.8. The van der Waals surface area contributed by atoms with E-state index >= 15 is 0 Å². The molecule has 0 bridgehead atoms. The summed E-state index contributed by atoms with van der Waals surface area (Å²) in [5, 5.41) is 2.38. The fourth-order valence-electron chi connectivity index (χ4n) is 2.46. The van der Waals surface area contributed by atoms with Crippen LogP contribution in [-0.2, 0) is 9.53 Å². The lowest BCUT2D eigenvalue weighted by Crippen LogP contribution is -2.15. The van der Waals surface area contributed by atoms with Gasteiger partial charge in [0.05, 0.1) is 5.75 Å². The van der Waals surface area contributed by atoms with Crippen LogP contribution in [0.3, 0.4) is 0 Å². The summed E-state index contributed by atoms with van der Waals surface area (Å²) in [5.74, 6) is -3.40. The van der Waals surface area contributed by atoms with E-state index in [1.165, 1.54) is 11.8 Å². The summed E-state index contributed by atoms with van der Waals surface area (Å²) in [6.45, 7) is -0.541. The van der Waals surface area contributed by atoms with Crippen molar-refractivity contribution < 1.29 is 23.1 Å². The van der Waals surface area contributed by atoms with Gasteiger partial charge in [0.25, 0.3) is 0 Å². The van der Waals surface area contributed by atoms with E-state index in [0.29, 0.717) is 5.02 Å². The lowest BCUT2D eigenvalue weighted by atomic mass is 10.1. The first-order valence-electron chi connectivity index (χ1n) is 7.89. The van der Waals surface area contributed by atoms with Crippen molar-refractivity contribution in [2.75, 3.05) is 12.4 Å². The number of benzene rings is 3. The number of halogens is 3. The van der Waals surface area contributed by atoms with E-state index < -0.39 is 30.0 Å². The molecule has 0 aliphatic heterocycles. The summed E-state index contributed by atoms with van der Waals surface area (Å²) in [7, 11) is 0. The number of hydrogen-bond acceptors (Lipinski definition) is 4. The zero-order valence-corrected chi connectivity index (χ0v) is 15.4. The summed E-state index contributed by atoms with van der Waals surface area (Å²) in [4.78, 5) is 24.7. The van der Waals surface area contributed by atoms with Crippen LogP contribution in [0.15, 0.2) is 59.5 Å². The third-order valence-electron chi connectivity index (χ3n) is 3.77. The third kappa shape index (κ3) is 4.64. The van der Waals surface area contributed by atoms with E-state index in [9.17, 15) is 18.4 Å². The monoisotopic (exact) mass is 406 g/mol. The Morgan fingerprint density at radius 3 is 2.48 bits per heavy atom. The van der Waals surface area contributed by atoms with E-state index in [0.717, 1.165) is 33.9 Å². The predicted molar refractivity (Wildman–Crippen MR) is 101 cm³/mol. The Bertz CT molecular complexity index is 1020. The average Bonchev–Trinajstić information content (AvgIpc) is 2.66. The lowest BCUT2D eigenvalue weighted by Gasteiger charge is -2.08. The van der Waals surface area contributed by atoms with Gasteiger partial charge in [-0.1, -0.05) is 35.9 Å². The Balaban J connectivity index is 1.59. The molecular weight excluding hydrogens is 394 g/mol. The van der Waals surface area contributed by atoms with Gasteiger partial charge < -0.3 is 4.74 Å². The van der Waals surface area contributed by atoms with Gasteiger partial charge in [0.15, 0.2) is 24.0 Å². The number of carbonyl (C=O) groups excluding carboxylic acids is 2. The molecule has 7 heteroatoms. The molecule has 0 saturated heterocycles. The van der Waals surface area contributed by atoms with E-state index in [2.05, 4.69) is 0 Å². The molecule has 0 unspecified atom stereocenters. The molecule has 0 atom stereocenters. The molecule has 27 heavy (non-hydrogen) atoms. The number of thioether (sulfide) groups is 1. The minimum absolute atomic E-state index is 0.0185. The number of ether oxygens (including phenoxy) is 1. The number of Topliss-reactive ketones (excluding diaryl/α,β-unsaturated/α-hetero) is 1. The van der Waals surface area contributed by atoms with Gasteiger partial charge in [-0.25, -0.2) is 8.78 Å². The minimum Gasteiger partial charge on any atom is -0.457 e. The van der Waals surface area contributed by atoms with Gasteiger partial charge in [0.1, 0.15) is 0 Å². The van der Waals surface area contributed by atoms with Gasteiger partial charge in [0.2, 0.25) is 0 Å². The third-order valence-corrected chi connectivity index (χ3v) is 5.11. The number of fused-ring (bicyclic) bond motifs is 1. The Morgan fingerprint density at radius 1 is 1.00 bits per heavy atom. The number of rotatable bonds is 6. The van der Waals surface area contributed by atoms with Crippen molar-refractivity contribution in [3.05, 3.63) is 76.8 Å². The van der Waals surface area contributed by atoms with E-state index in [4.69, 9.17) is 16.3 Å². The molecule has 0 N–H and O–H groups in total. The van der Waals surface area contributed by atoms with Crippen LogP contribution in [0, 0.1) is 11.6 Å². The molecule has 0 aromatic heterocycles. The SMILES string of the molecule is O=C(CSc1cccc2cccc(Cl)c12)OCC(=O)c1ccc(F)c(F)c1. The van der Waals surface area contributed by atoms with E-state index in [1.807, 2.05) is 30.3 Å². The highest BCUT2D eigenvalue weighted by Crippen LogP contribution is 2.33. The average molecular weight is 407 g/mol. The van der Waals surface area contributed by atoms with Crippen molar-refractivity contribution in [1.82, 2.24) is 0 Å². The first kappa shape index (κ1) is 19.3. The molecule has 0 amide bonds. The Morgan fingerprint density at radius 2 is 1.74 bits per heavy atom. The highest BCUT2D eigenvalue weighted by atomic mass is 35.5. The Kier molecular flexibility index (Phi) is 6.08. The Labute approximate surface area is 163 Å². The zero-order chi connectivity index (χ0) is 19.4. The van der Waals surface area contributed by atoms with Crippen LogP contribution in [0.2, 0.25) is 5.02 Å². The quantitative estimate of drug-likeness (QED) is 0.317. The van der Waals surface area contributed by atoms with Crippen molar-refractivity contribution in [3.8, 4) is 0 Å². The Hall–Kier alpha value is -2.44. The summed E-state index contributed by atoms with van der Waals surface area (Å²) >= 11 is 7.48. The molecule has 0 saturated carbocycles. The van der Waals surface area contributed by atoms with Gasteiger partial charge in [-0.2, -0.15) is 0 Å². The second-order valence-electron chi connectivity index (χ2n) is 5.60. The summed E-state index contributed by atoms with van der Waals surface area (Å²) < 4.78 is 31.0. The molecule has 138 valence electrons. The highest BCUT2D eigenvalue weighted by molar-refractivity contribution is 8.00. The molecule has 0 spiro atoms. The van der Waals surface area contributed by atoms with Gasteiger partial charge in [-0.3, -0.25) is 9.59 Å². The number of esters is 1. The van der Waals surface area contributed by atoms with Crippen molar-refractivity contribution in [1.29, 1.82) is 0 Å². The maximum atomic E-state index is 13.2. The second kappa shape index (κ2) is 8.50. The molecule has 3 nitrogen and oxygen atoms in total. The largest absolute Gasteiger partial charge is 0.457 e. The smallest absolute Gasteiger partial charge is 0.316 e. The molecule has 0 heterocycles. The van der Waals surface area contributed by atoms with Crippen LogP contribution in [0.5, 0.6) is 0 Å². The van der Waals surface area contributed by atoms with Crippen LogP contribution >= 0.6 is 23.4 Å². The van der Waals surface area contributed by atoms with Crippen LogP contribution in [0.1, 0.15) is 10.4 Å². The van der Waals surface area contributed by atoms with Crippen molar-refractivity contribution in [2.45, 2.75) is 4.90 Å². The number of carbonyl (C=O) groups is 2. The van der Waals surface area contributed by atoms with Crippen molar-refractivity contribution in [2.24, 2.45) is 0 Å². The fourth-order valence-corrected chi connectivity index (χ4v) is 3.70. The van der Waals surface area contributed by atoms with Gasteiger partial charge in [-0.15, -0.1) is 11.8 Å². The molecule has 0 aliphatic rings. The zero-order valence-electron chi connectivity index (χ0n) is 13.9. The number of ketones is 1. The second-order valence-corrected chi connectivity index (χ2v) is 7.02. The number of hydrogen-bond donors (Lipinski definition) is 0. The van der Waals surface area contributed by atoms with E-state index in [-0.39, 0.29) is 11.3 Å². The van der Waals surface area contributed by atoms with Crippen molar-refractivity contribution in [3.63, 3.8) is 0 Å². The van der Waals surface area contributed by atoms with Crippen LogP contribution in [0.4, 0.5) is 8.78 Å². The minimum atomic E-state index is -1.13. The maximum absolute atomic E-state index is 13.2. The molecule has 0 aliphatic carbocycles. The van der Waals surface area contributed by atoms with E-state index in [1.54, 1.807) is 6.07 Å². The van der Waals surface area contributed by atoms with Crippen molar-refractivity contribution >= 4 is 45.9 Å². The first-order valence-corrected chi connectivity index (χ1v) is 9.26.